The van der Waals surface area contributed by atoms with Gasteiger partial charge in [0.25, 0.3) is 0 Å². The number of aromatic nitrogens is 2. The number of fused-ring (bicyclic) bond motifs is 1. The van der Waals surface area contributed by atoms with E-state index in [1.165, 1.54) is 12.3 Å². The Hall–Kier alpha value is -2.86. The molecule has 0 amide bonds. The SMILES string of the molecule is O=C(c1cc2ccccc2c(N2CCCNCC2)n1)c1cccnc1F. The number of nitrogens with one attached hydrogen (secondary N) is 1. The third kappa shape index (κ3) is 3.15. The number of halogens is 1. The molecule has 0 spiro atoms. The predicted molar refractivity (Wildman–Crippen MR) is 99.1 cm³/mol. The molecule has 2 aromatic heterocycles. The van der Waals surface area contributed by atoms with E-state index in [0.717, 1.165) is 49.2 Å². The average molecular weight is 350 g/mol. The number of pyridine rings is 2. The number of hydrogen-bond acceptors (Lipinski definition) is 5. The zero-order valence-corrected chi connectivity index (χ0v) is 14.3. The Morgan fingerprint density at radius 1 is 1.12 bits per heavy atom. The molecule has 3 heterocycles. The summed E-state index contributed by atoms with van der Waals surface area (Å²) in [6, 6.07) is 12.6. The maximum atomic E-state index is 14.0. The van der Waals surface area contributed by atoms with Gasteiger partial charge in [-0.05, 0) is 36.6 Å². The predicted octanol–water partition coefficient (Wildman–Crippen LogP) is 2.80. The number of anilines is 1. The van der Waals surface area contributed by atoms with Crippen LogP contribution in [0.5, 0.6) is 0 Å². The van der Waals surface area contributed by atoms with Gasteiger partial charge in [-0.3, -0.25) is 4.79 Å². The molecule has 5 nitrogen and oxygen atoms in total. The van der Waals surface area contributed by atoms with E-state index >= 15 is 0 Å². The summed E-state index contributed by atoms with van der Waals surface area (Å²) in [4.78, 5) is 23.3. The molecule has 26 heavy (non-hydrogen) atoms. The molecule has 1 aliphatic rings. The molecule has 1 N–H and O–H groups in total. The Kier molecular flexibility index (Phi) is 4.58. The van der Waals surface area contributed by atoms with Crippen molar-refractivity contribution in [2.24, 2.45) is 0 Å². The highest BCUT2D eigenvalue weighted by Crippen LogP contribution is 2.27. The van der Waals surface area contributed by atoms with Crippen LogP contribution in [0, 0.1) is 5.95 Å². The summed E-state index contributed by atoms with van der Waals surface area (Å²) >= 11 is 0. The molecule has 4 rings (SSSR count). The standard InChI is InChI=1S/C20H19FN4O/c21-19-16(7-3-9-23-19)18(26)17-13-14-5-1-2-6-15(14)20(24-17)25-11-4-8-22-10-12-25/h1-3,5-7,9,13,22H,4,8,10-12H2. The third-order valence-electron chi connectivity index (χ3n) is 4.60. The lowest BCUT2D eigenvalue weighted by molar-refractivity contribution is 0.103. The first kappa shape index (κ1) is 16.6. The minimum atomic E-state index is -0.770. The zero-order valence-electron chi connectivity index (χ0n) is 14.3. The maximum absolute atomic E-state index is 14.0. The second-order valence-corrected chi connectivity index (χ2v) is 6.31. The Labute approximate surface area is 150 Å². The molecule has 1 saturated heterocycles. The van der Waals surface area contributed by atoms with Gasteiger partial charge in [-0.1, -0.05) is 24.3 Å². The van der Waals surface area contributed by atoms with E-state index in [1.54, 1.807) is 12.1 Å². The summed E-state index contributed by atoms with van der Waals surface area (Å²) in [6.07, 6.45) is 2.33. The molecule has 0 aliphatic carbocycles. The van der Waals surface area contributed by atoms with E-state index < -0.39 is 11.7 Å². The first-order valence-corrected chi connectivity index (χ1v) is 8.75. The Morgan fingerprint density at radius 3 is 2.88 bits per heavy atom. The van der Waals surface area contributed by atoms with Crippen molar-refractivity contribution in [2.75, 3.05) is 31.1 Å². The summed E-state index contributed by atoms with van der Waals surface area (Å²) in [6.45, 7) is 3.51. The van der Waals surface area contributed by atoms with Crippen LogP contribution in [0.2, 0.25) is 0 Å². The van der Waals surface area contributed by atoms with Crippen LogP contribution in [-0.2, 0) is 0 Å². The van der Waals surface area contributed by atoms with E-state index in [1.807, 2.05) is 24.3 Å². The number of nitrogens with zero attached hydrogens (tertiary/aromatic N) is 3. The van der Waals surface area contributed by atoms with E-state index in [0.29, 0.717) is 0 Å². The molecule has 0 atom stereocenters. The quantitative estimate of drug-likeness (QED) is 0.581. The molecular weight excluding hydrogens is 331 g/mol. The number of carbonyl (C=O) groups excluding carboxylic acids is 1. The highest BCUT2D eigenvalue weighted by Gasteiger charge is 2.20. The molecule has 1 aromatic carbocycles. The Bertz CT molecular complexity index is 951. The van der Waals surface area contributed by atoms with Gasteiger partial charge >= 0.3 is 0 Å². The smallest absolute Gasteiger partial charge is 0.224 e. The number of rotatable bonds is 3. The van der Waals surface area contributed by atoms with Gasteiger partial charge in [0.2, 0.25) is 11.7 Å². The average Bonchev–Trinajstić information content (AvgIpc) is 2.96. The van der Waals surface area contributed by atoms with E-state index in [-0.39, 0.29) is 11.3 Å². The number of carbonyl (C=O) groups is 1. The van der Waals surface area contributed by atoms with Crippen LogP contribution < -0.4 is 10.2 Å². The van der Waals surface area contributed by atoms with Gasteiger partial charge < -0.3 is 10.2 Å². The van der Waals surface area contributed by atoms with Crippen molar-refractivity contribution in [2.45, 2.75) is 6.42 Å². The fourth-order valence-corrected chi connectivity index (χ4v) is 3.29. The van der Waals surface area contributed by atoms with E-state index in [9.17, 15) is 9.18 Å². The highest BCUT2D eigenvalue weighted by atomic mass is 19.1. The minimum Gasteiger partial charge on any atom is -0.355 e. The van der Waals surface area contributed by atoms with Crippen molar-refractivity contribution >= 4 is 22.4 Å². The normalized spacial score (nSPS) is 15.0. The maximum Gasteiger partial charge on any atom is 0.224 e. The number of benzene rings is 1. The van der Waals surface area contributed by atoms with Crippen molar-refractivity contribution in [3.8, 4) is 0 Å². The summed E-state index contributed by atoms with van der Waals surface area (Å²) < 4.78 is 14.0. The minimum absolute atomic E-state index is 0.0567. The third-order valence-corrected chi connectivity index (χ3v) is 4.60. The number of hydrogen-bond donors (Lipinski definition) is 1. The van der Waals surface area contributed by atoms with Gasteiger partial charge in [0.05, 0.1) is 5.56 Å². The first-order chi connectivity index (χ1) is 12.7. The lowest BCUT2D eigenvalue weighted by atomic mass is 10.1. The lowest BCUT2D eigenvalue weighted by Gasteiger charge is -2.23. The van der Waals surface area contributed by atoms with Gasteiger partial charge in [-0.25, -0.2) is 9.97 Å². The molecule has 0 radical (unpaired) electrons. The second-order valence-electron chi connectivity index (χ2n) is 6.31. The molecule has 0 bridgehead atoms. The molecule has 0 unspecified atom stereocenters. The largest absolute Gasteiger partial charge is 0.355 e. The summed E-state index contributed by atoms with van der Waals surface area (Å²) in [7, 11) is 0. The topological polar surface area (TPSA) is 58.1 Å². The molecule has 1 fully saturated rings. The molecule has 1 aliphatic heterocycles. The Balaban J connectivity index is 1.83. The van der Waals surface area contributed by atoms with Crippen molar-refractivity contribution in [1.82, 2.24) is 15.3 Å². The summed E-state index contributed by atoms with van der Waals surface area (Å²) in [5.74, 6) is -0.442. The van der Waals surface area contributed by atoms with E-state index in [2.05, 4.69) is 20.2 Å². The molecule has 132 valence electrons. The van der Waals surface area contributed by atoms with Crippen LogP contribution in [0.1, 0.15) is 22.5 Å². The van der Waals surface area contributed by atoms with Gasteiger partial charge in [-0.2, -0.15) is 4.39 Å². The Morgan fingerprint density at radius 2 is 2.00 bits per heavy atom. The van der Waals surface area contributed by atoms with Crippen molar-refractivity contribution in [1.29, 1.82) is 0 Å². The van der Waals surface area contributed by atoms with Gasteiger partial charge in [0, 0.05) is 31.2 Å². The van der Waals surface area contributed by atoms with Crippen molar-refractivity contribution < 1.29 is 9.18 Å². The fraction of sp³-hybridized carbons (Fsp3) is 0.250. The molecule has 6 heteroatoms. The highest BCUT2D eigenvalue weighted by molar-refractivity contribution is 6.10. The van der Waals surface area contributed by atoms with Crippen LogP contribution in [0.4, 0.5) is 10.2 Å². The van der Waals surface area contributed by atoms with Gasteiger partial charge in [0.1, 0.15) is 11.5 Å². The van der Waals surface area contributed by atoms with Gasteiger partial charge in [0.15, 0.2) is 0 Å². The van der Waals surface area contributed by atoms with Crippen LogP contribution >= 0.6 is 0 Å². The van der Waals surface area contributed by atoms with Gasteiger partial charge in [-0.15, -0.1) is 0 Å². The van der Waals surface area contributed by atoms with Crippen LogP contribution in [0.15, 0.2) is 48.7 Å². The monoisotopic (exact) mass is 350 g/mol. The van der Waals surface area contributed by atoms with Crippen LogP contribution in [0.25, 0.3) is 10.8 Å². The van der Waals surface area contributed by atoms with Crippen LogP contribution in [-0.4, -0.2) is 41.9 Å². The lowest BCUT2D eigenvalue weighted by Crippen LogP contribution is -2.29. The van der Waals surface area contributed by atoms with Crippen molar-refractivity contribution in [3.05, 3.63) is 65.9 Å². The van der Waals surface area contributed by atoms with E-state index in [4.69, 9.17) is 0 Å². The van der Waals surface area contributed by atoms with Crippen molar-refractivity contribution in [3.63, 3.8) is 0 Å². The molecule has 0 saturated carbocycles. The zero-order chi connectivity index (χ0) is 17.9. The fourth-order valence-electron chi connectivity index (χ4n) is 3.29. The summed E-state index contributed by atoms with van der Waals surface area (Å²) in [5, 5.41) is 5.29. The number of ketones is 1. The molecule has 3 aromatic rings. The first-order valence-electron chi connectivity index (χ1n) is 8.75. The van der Waals surface area contributed by atoms with Crippen LogP contribution in [0.3, 0.4) is 0 Å². The summed E-state index contributed by atoms with van der Waals surface area (Å²) in [5.41, 5.74) is 0.182. The molecular formula is C20H19FN4O. The second kappa shape index (κ2) is 7.17.